The monoisotopic (exact) mass is 354 g/mol. The molecule has 0 spiro atoms. The Labute approximate surface area is 146 Å². The minimum absolute atomic E-state index is 0.132. The Morgan fingerprint density at radius 3 is 2.76 bits per heavy atom. The van der Waals surface area contributed by atoms with Crippen LogP contribution in [-0.4, -0.2) is 25.7 Å². The highest BCUT2D eigenvalue weighted by atomic mass is 35.5. The van der Waals surface area contributed by atoms with Crippen LogP contribution in [0.5, 0.6) is 0 Å². The summed E-state index contributed by atoms with van der Waals surface area (Å²) in [5.41, 5.74) is 1.01. The van der Waals surface area contributed by atoms with E-state index in [0.29, 0.717) is 33.6 Å². The molecule has 0 atom stereocenters. The van der Waals surface area contributed by atoms with Crippen LogP contribution in [-0.2, 0) is 6.54 Å². The molecule has 0 saturated carbocycles. The van der Waals surface area contributed by atoms with Crippen molar-refractivity contribution in [1.29, 1.82) is 0 Å². The molecule has 0 aliphatic heterocycles. The normalized spacial score (nSPS) is 10.9. The number of furan rings is 1. The van der Waals surface area contributed by atoms with Crippen molar-refractivity contribution in [3.63, 3.8) is 0 Å². The molecule has 1 aromatic carbocycles. The van der Waals surface area contributed by atoms with Gasteiger partial charge in [-0.2, -0.15) is 10.1 Å². The third-order valence-corrected chi connectivity index (χ3v) is 3.76. The molecule has 25 heavy (non-hydrogen) atoms. The lowest BCUT2D eigenvalue weighted by Crippen LogP contribution is -2.03. The molecule has 3 heterocycles. The van der Waals surface area contributed by atoms with Crippen LogP contribution in [0.15, 0.2) is 64.0 Å². The molecular weight excluding hydrogens is 344 g/mol. The number of nitrogens with zero attached hydrogens (tertiary/aromatic N) is 4. The van der Waals surface area contributed by atoms with Crippen LogP contribution in [0.2, 0.25) is 5.02 Å². The van der Waals surface area contributed by atoms with E-state index in [1.54, 1.807) is 47.3 Å². The van der Waals surface area contributed by atoms with Gasteiger partial charge in [0.15, 0.2) is 17.4 Å². The highest BCUT2D eigenvalue weighted by Crippen LogP contribution is 2.18. The number of hydrogen-bond donors (Lipinski definition) is 0. The first kappa shape index (κ1) is 15.3. The third kappa shape index (κ3) is 3.22. The average Bonchev–Trinajstić information content (AvgIpc) is 3.37. The zero-order chi connectivity index (χ0) is 17.2. The number of rotatable bonds is 5. The Kier molecular flexibility index (Phi) is 3.91. The number of carbonyl (C=O) groups excluding carboxylic acids is 1. The smallest absolute Gasteiger partial charge is 0.293 e. The second-order valence-corrected chi connectivity index (χ2v) is 5.69. The average molecular weight is 355 g/mol. The van der Waals surface area contributed by atoms with Crippen LogP contribution >= 0.6 is 11.6 Å². The predicted octanol–water partition coefficient (Wildman–Crippen LogP) is 3.46. The van der Waals surface area contributed by atoms with Gasteiger partial charge in [0.1, 0.15) is 6.54 Å². The Morgan fingerprint density at radius 2 is 2.00 bits per heavy atom. The maximum atomic E-state index is 12.4. The van der Waals surface area contributed by atoms with Crippen molar-refractivity contribution in [3.05, 3.63) is 77.0 Å². The van der Waals surface area contributed by atoms with E-state index < -0.39 is 0 Å². The maximum absolute atomic E-state index is 12.4. The Bertz CT molecular complexity index is 1000. The fourth-order valence-electron chi connectivity index (χ4n) is 2.30. The zero-order valence-electron chi connectivity index (χ0n) is 12.8. The van der Waals surface area contributed by atoms with Crippen LogP contribution < -0.4 is 0 Å². The molecule has 0 fully saturated rings. The summed E-state index contributed by atoms with van der Waals surface area (Å²) < 4.78 is 11.9. The maximum Gasteiger partial charge on any atom is 0.293 e. The minimum Gasteiger partial charge on any atom is -0.459 e. The molecule has 0 amide bonds. The number of hydrogen-bond acceptors (Lipinski definition) is 6. The summed E-state index contributed by atoms with van der Waals surface area (Å²) in [7, 11) is 0. The van der Waals surface area contributed by atoms with Gasteiger partial charge >= 0.3 is 0 Å². The molecule has 4 rings (SSSR count). The molecule has 0 saturated heterocycles. The standard InChI is InChI=1S/C17H11ClN4O3/c18-13-5-3-11(4-6-13)16(23)12-8-19-22(9-12)10-15-20-17(25-21-15)14-2-1-7-24-14/h1-9H,10H2. The van der Waals surface area contributed by atoms with Gasteiger partial charge in [-0.25, -0.2) is 0 Å². The van der Waals surface area contributed by atoms with Gasteiger partial charge in [-0.15, -0.1) is 0 Å². The number of halogens is 1. The molecular formula is C17H11ClN4O3. The SMILES string of the molecule is O=C(c1ccc(Cl)cc1)c1cnn(Cc2noc(-c3ccco3)n2)c1. The van der Waals surface area contributed by atoms with Crippen LogP contribution in [0, 0.1) is 0 Å². The highest BCUT2D eigenvalue weighted by Gasteiger charge is 2.14. The largest absolute Gasteiger partial charge is 0.459 e. The third-order valence-electron chi connectivity index (χ3n) is 3.51. The van der Waals surface area contributed by atoms with Gasteiger partial charge in [-0.05, 0) is 36.4 Å². The first-order valence-corrected chi connectivity index (χ1v) is 7.76. The van der Waals surface area contributed by atoms with Gasteiger partial charge < -0.3 is 8.94 Å². The van der Waals surface area contributed by atoms with E-state index >= 15 is 0 Å². The molecule has 0 radical (unpaired) electrons. The van der Waals surface area contributed by atoms with Crippen molar-refractivity contribution >= 4 is 17.4 Å². The van der Waals surface area contributed by atoms with Gasteiger partial charge in [0.2, 0.25) is 0 Å². The first-order chi connectivity index (χ1) is 12.2. The number of ketones is 1. The molecule has 0 aliphatic rings. The van der Waals surface area contributed by atoms with Crippen molar-refractivity contribution in [1.82, 2.24) is 19.9 Å². The molecule has 3 aromatic heterocycles. The lowest BCUT2D eigenvalue weighted by atomic mass is 10.1. The second kappa shape index (κ2) is 6.37. The van der Waals surface area contributed by atoms with E-state index in [1.165, 1.54) is 12.5 Å². The van der Waals surface area contributed by atoms with Crippen LogP contribution in [0.4, 0.5) is 0 Å². The van der Waals surface area contributed by atoms with E-state index in [4.69, 9.17) is 20.5 Å². The molecule has 0 unspecified atom stereocenters. The topological polar surface area (TPSA) is 87.0 Å². The van der Waals surface area contributed by atoms with Crippen molar-refractivity contribution in [3.8, 4) is 11.7 Å². The second-order valence-electron chi connectivity index (χ2n) is 5.26. The van der Waals surface area contributed by atoms with E-state index in [0.717, 1.165) is 0 Å². The number of carbonyl (C=O) groups is 1. The highest BCUT2D eigenvalue weighted by molar-refractivity contribution is 6.30. The predicted molar refractivity (Wildman–Crippen MR) is 88.2 cm³/mol. The molecule has 124 valence electrons. The van der Waals surface area contributed by atoms with Gasteiger partial charge in [0.05, 0.1) is 18.0 Å². The lowest BCUT2D eigenvalue weighted by molar-refractivity contribution is 0.103. The summed E-state index contributed by atoms with van der Waals surface area (Å²) in [4.78, 5) is 16.7. The van der Waals surface area contributed by atoms with E-state index in [2.05, 4.69) is 15.2 Å². The summed E-state index contributed by atoms with van der Waals surface area (Å²) in [5.74, 6) is 1.09. The van der Waals surface area contributed by atoms with E-state index in [9.17, 15) is 4.79 Å². The van der Waals surface area contributed by atoms with Crippen LogP contribution in [0.1, 0.15) is 21.7 Å². The van der Waals surface area contributed by atoms with Crippen molar-refractivity contribution in [2.45, 2.75) is 6.54 Å². The number of aromatic nitrogens is 4. The first-order valence-electron chi connectivity index (χ1n) is 7.38. The van der Waals surface area contributed by atoms with Gasteiger partial charge in [0, 0.05) is 16.8 Å². The molecule has 0 aliphatic carbocycles. The molecule has 0 bridgehead atoms. The van der Waals surface area contributed by atoms with Gasteiger partial charge in [-0.3, -0.25) is 9.48 Å². The van der Waals surface area contributed by atoms with Crippen molar-refractivity contribution < 1.29 is 13.7 Å². The fourth-order valence-corrected chi connectivity index (χ4v) is 2.42. The molecule has 4 aromatic rings. The lowest BCUT2D eigenvalue weighted by Gasteiger charge is -1.98. The van der Waals surface area contributed by atoms with Gasteiger partial charge in [-0.1, -0.05) is 16.8 Å². The summed E-state index contributed by atoms with van der Waals surface area (Å²) in [5, 5.41) is 8.64. The van der Waals surface area contributed by atoms with Crippen molar-refractivity contribution in [2.24, 2.45) is 0 Å². The molecule has 8 heteroatoms. The zero-order valence-corrected chi connectivity index (χ0v) is 13.6. The van der Waals surface area contributed by atoms with E-state index in [1.807, 2.05) is 0 Å². The summed E-state index contributed by atoms with van der Waals surface area (Å²) in [6.07, 6.45) is 4.67. The van der Waals surface area contributed by atoms with Crippen molar-refractivity contribution in [2.75, 3.05) is 0 Å². The molecule has 0 N–H and O–H groups in total. The summed E-state index contributed by atoms with van der Waals surface area (Å²) in [6, 6.07) is 10.2. The quantitative estimate of drug-likeness (QED) is 0.510. The number of benzene rings is 1. The van der Waals surface area contributed by atoms with Crippen LogP contribution in [0.3, 0.4) is 0 Å². The summed E-state index contributed by atoms with van der Waals surface area (Å²) >= 11 is 5.84. The van der Waals surface area contributed by atoms with Crippen LogP contribution in [0.25, 0.3) is 11.7 Å². The van der Waals surface area contributed by atoms with Gasteiger partial charge in [0.25, 0.3) is 5.89 Å². The van der Waals surface area contributed by atoms with E-state index in [-0.39, 0.29) is 12.3 Å². The molecule has 7 nitrogen and oxygen atoms in total. The minimum atomic E-state index is -0.132. The Balaban J connectivity index is 1.50. The Hall–Kier alpha value is -3.19. The Morgan fingerprint density at radius 1 is 1.16 bits per heavy atom. The fraction of sp³-hybridized carbons (Fsp3) is 0.0588. The summed E-state index contributed by atoms with van der Waals surface area (Å²) in [6.45, 7) is 0.276.